The fraction of sp³-hybridized carbons (Fsp3) is 0.0909. The van der Waals surface area contributed by atoms with E-state index in [-0.39, 0.29) is 5.91 Å². The highest BCUT2D eigenvalue weighted by molar-refractivity contribution is 7.98. The first-order valence-corrected chi connectivity index (χ1v) is 6.72. The van der Waals surface area contributed by atoms with E-state index in [9.17, 15) is 4.79 Å². The Morgan fingerprint density at radius 1 is 1.35 bits per heavy atom. The molecule has 0 aliphatic heterocycles. The van der Waals surface area contributed by atoms with Gasteiger partial charge >= 0.3 is 0 Å². The molecule has 0 saturated heterocycles. The number of pyridine rings is 1. The van der Waals surface area contributed by atoms with E-state index in [2.05, 4.69) is 10.4 Å². The minimum atomic E-state index is -0.241. The standard InChI is InChI=1S/C11H11N3OS2/c12-14-11(15)10-2-1-9(17-10)7-16-8-3-5-13-6-4-8/h1-6H,7,12H2,(H,14,15). The van der Waals surface area contributed by atoms with Crippen LogP contribution in [0.2, 0.25) is 0 Å². The molecule has 0 radical (unpaired) electrons. The average molecular weight is 265 g/mol. The van der Waals surface area contributed by atoms with Crippen LogP contribution in [0.1, 0.15) is 14.5 Å². The minimum Gasteiger partial charge on any atom is -0.289 e. The third kappa shape index (κ3) is 3.29. The molecule has 1 amide bonds. The first kappa shape index (κ1) is 12.1. The lowest BCUT2D eigenvalue weighted by molar-refractivity contribution is 0.0957. The zero-order valence-electron chi connectivity index (χ0n) is 8.92. The van der Waals surface area contributed by atoms with Crippen LogP contribution in [0.3, 0.4) is 0 Å². The number of rotatable bonds is 4. The van der Waals surface area contributed by atoms with Gasteiger partial charge in [0, 0.05) is 27.9 Å². The van der Waals surface area contributed by atoms with E-state index in [0.29, 0.717) is 4.88 Å². The molecule has 0 fully saturated rings. The van der Waals surface area contributed by atoms with E-state index in [1.165, 1.54) is 16.2 Å². The summed E-state index contributed by atoms with van der Waals surface area (Å²) in [5, 5.41) is 0. The van der Waals surface area contributed by atoms with Gasteiger partial charge in [0.25, 0.3) is 5.91 Å². The largest absolute Gasteiger partial charge is 0.289 e. The van der Waals surface area contributed by atoms with Crippen molar-refractivity contribution in [2.45, 2.75) is 10.6 Å². The molecule has 2 rings (SSSR count). The predicted molar refractivity (Wildman–Crippen MR) is 69.8 cm³/mol. The molecule has 0 saturated carbocycles. The number of hydrazine groups is 1. The summed E-state index contributed by atoms with van der Waals surface area (Å²) in [4.78, 5) is 18.2. The van der Waals surface area contributed by atoms with Crippen LogP contribution in [0.5, 0.6) is 0 Å². The topological polar surface area (TPSA) is 68.0 Å². The fourth-order valence-corrected chi connectivity index (χ4v) is 3.08. The number of hydrogen-bond acceptors (Lipinski definition) is 5. The number of carbonyl (C=O) groups is 1. The van der Waals surface area contributed by atoms with Crippen LogP contribution in [-0.2, 0) is 5.75 Å². The Labute approximate surface area is 107 Å². The van der Waals surface area contributed by atoms with E-state index in [4.69, 9.17) is 5.84 Å². The van der Waals surface area contributed by atoms with Gasteiger partial charge < -0.3 is 0 Å². The van der Waals surface area contributed by atoms with Crippen molar-refractivity contribution in [3.8, 4) is 0 Å². The smallest absolute Gasteiger partial charge is 0.275 e. The number of thioether (sulfide) groups is 1. The second-order valence-corrected chi connectivity index (χ2v) is 5.43. The maximum absolute atomic E-state index is 11.3. The Morgan fingerprint density at radius 3 is 2.82 bits per heavy atom. The molecular formula is C11H11N3OS2. The van der Waals surface area contributed by atoms with Crippen LogP contribution in [0.15, 0.2) is 41.6 Å². The number of nitrogens with two attached hydrogens (primary N) is 1. The lowest BCUT2D eigenvalue weighted by Gasteiger charge is -1.98. The highest BCUT2D eigenvalue weighted by atomic mass is 32.2. The Balaban J connectivity index is 1.96. The van der Waals surface area contributed by atoms with E-state index >= 15 is 0 Å². The van der Waals surface area contributed by atoms with Gasteiger partial charge in [-0.2, -0.15) is 0 Å². The summed E-state index contributed by atoms with van der Waals surface area (Å²) >= 11 is 3.17. The van der Waals surface area contributed by atoms with Crippen molar-refractivity contribution in [2.75, 3.05) is 0 Å². The number of carbonyl (C=O) groups excluding carboxylic acids is 1. The summed E-state index contributed by atoms with van der Waals surface area (Å²) in [6.45, 7) is 0. The summed E-state index contributed by atoms with van der Waals surface area (Å²) in [6, 6.07) is 7.66. The molecule has 6 heteroatoms. The molecule has 0 aliphatic rings. The molecule has 0 aromatic carbocycles. The van der Waals surface area contributed by atoms with E-state index < -0.39 is 0 Å². The van der Waals surface area contributed by atoms with Crippen LogP contribution < -0.4 is 11.3 Å². The average Bonchev–Trinajstić information content (AvgIpc) is 2.85. The van der Waals surface area contributed by atoms with Gasteiger partial charge in [-0.25, -0.2) is 5.84 Å². The summed E-state index contributed by atoms with van der Waals surface area (Å²) in [5.74, 6) is 5.67. The zero-order valence-corrected chi connectivity index (χ0v) is 10.6. The van der Waals surface area contributed by atoms with Crippen molar-refractivity contribution in [1.29, 1.82) is 0 Å². The number of aromatic nitrogens is 1. The summed E-state index contributed by atoms with van der Waals surface area (Å²) in [7, 11) is 0. The highest BCUT2D eigenvalue weighted by Crippen LogP contribution is 2.26. The molecule has 2 aromatic rings. The molecular weight excluding hydrogens is 254 g/mol. The molecule has 88 valence electrons. The summed E-state index contributed by atoms with van der Waals surface area (Å²) in [5.41, 5.74) is 2.12. The Hall–Kier alpha value is -1.37. The third-order valence-corrected chi connectivity index (χ3v) is 4.37. The fourth-order valence-electron chi connectivity index (χ4n) is 1.24. The Morgan fingerprint density at radius 2 is 2.12 bits per heavy atom. The number of nitrogens with zero attached hydrogens (tertiary/aromatic N) is 1. The molecule has 0 unspecified atom stereocenters. The van der Waals surface area contributed by atoms with Crippen LogP contribution in [-0.4, -0.2) is 10.9 Å². The quantitative estimate of drug-likeness (QED) is 0.384. The van der Waals surface area contributed by atoms with Crippen LogP contribution in [0.4, 0.5) is 0 Å². The van der Waals surface area contributed by atoms with Crippen molar-refractivity contribution in [2.24, 2.45) is 5.84 Å². The number of amides is 1. The molecule has 17 heavy (non-hydrogen) atoms. The summed E-state index contributed by atoms with van der Waals surface area (Å²) in [6.07, 6.45) is 3.54. The van der Waals surface area contributed by atoms with Crippen LogP contribution in [0, 0.1) is 0 Å². The number of thiophene rings is 1. The Bertz CT molecular complexity index is 498. The monoisotopic (exact) mass is 265 g/mol. The van der Waals surface area contributed by atoms with Gasteiger partial charge in [0.15, 0.2) is 0 Å². The maximum atomic E-state index is 11.3. The van der Waals surface area contributed by atoms with E-state index in [1.54, 1.807) is 30.2 Å². The van der Waals surface area contributed by atoms with Gasteiger partial charge in [-0.15, -0.1) is 23.1 Å². The van der Waals surface area contributed by atoms with Gasteiger partial charge in [0.2, 0.25) is 0 Å². The second kappa shape index (κ2) is 5.81. The van der Waals surface area contributed by atoms with Crippen molar-refractivity contribution in [1.82, 2.24) is 10.4 Å². The Kier molecular flexibility index (Phi) is 4.13. The number of nitrogen functional groups attached to an aromatic ring is 1. The van der Waals surface area contributed by atoms with Crippen molar-refractivity contribution in [3.63, 3.8) is 0 Å². The van der Waals surface area contributed by atoms with E-state index in [0.717, 1.165) is 10.6 Å². The van der Waals surface area contributed by atoms with Gasteiger partial charge in [0.05, 0.1) is 4.88 Å². The third-order valence-electron chi connectivity index (χ3n) is 2.05. The predicted octanol–water partition coefficient (Wildman–Crippen LogP) is 2.04. The zero-order chi connectivity index (χ0) is 12.1. The number of hydrogen-bond donors (Lipinski definition) is 2. The molecule has 0 bridgehead atoms. The van der Waals surface area contributed by atoms with Gasteiger partial charge in [-0.1, -0.05) is 0 Å². The molecule has 0 atom stereocenters. The molecule has 0 spiro atoms. The molecule has 0 aliphatic carbocycles. The van der Waals surface area contributed by atoms with Crippen LogP contribution in [0.25, 0.3) is 0 Å². The lowest BCUT2D eigenvalue weighted by atomic mass is 10.4. The SMILES string of the molecule is NNC(=O)c1ccc(CSc2ccncc2)s1. The van der Waals surface area contributed by atoms with E-state index in [1.807, 2.05) is 18.2 Å². The van der Waals surface area contributed by atoms with Crippen molar-refractivity contribution >= 4 is 29.0 Å². The highest BCUT2D eigenvalue weighted by Gasteiger charge is 2.07. The molecule has 2 aromatic heterocycles. The second-order valence-electron chi connectivity index (χ2n) is 3.21. The molecule has 3 N–H and O–H groups in total. The maximum Gasteiger partial charge on any atom is 0.275 e. The minimum absolute atomic E-state index is 0.241. The number of nitrogens with one attached hydrogen (secondary N) is 1. The summed E-state index contributed by atoms with van der Waals surface area (Å²) < 4.78 is 0. The molecule has 2 heterocycles. The van der Waals surface area contributed by atoms with Gasteiger partial charge in [-0.3, -0.25) is 15.2 Å². The lowest BCUT2D eigenvalue weighted by Crippen LogP contribution is -2.29. The van der Waals surface area contributed by atoms with Crippen molar-refractivity contribution < 1.29 is 4.79 Å². The van der Waals surface area contributed by atoms with Crippen molar-refractivity contribution in [3.05, 3.63) is 46.4 Å². The van der Waals surface area contributed by atoms with Gasteiger partial charge in [0.1, 0.15) is 0 Å². The van der Waals surface area contributed by atoms with Gasteiger partial charge in [-0.05, 0) is 24.3 Å². The normalized spacial score (nSPS) is 10.2. The first-order chi connectivity index (χ1) is 8.29. The molecule has 4 nitrogen and oxygen atoms in total. The first-order valence-electron chi connectivity index (χ1n) is 4.92. The van der Waals surface area contributed by atoms with Crippen LogP contribution >= 0.6 is 23.1 Å².